The average Bonchev–Trinajstić information content (AvgIpc) is 2.80. The second-order valence-electron chi connectivity index (χ2n) is 9.79. The molecule has 2 N–H and O–H groups in total. The number of ether oxygens (including phenoxy) is 2. The van der Waals surface area contributed by atoms with Gasteiger partial charge in [-0.15, -0.1) is 0 Å². The van der Waals surface area contributed by atoms with Crippen molar-refractivity contribution < 1.29 is 34.1 Å². The topological polar surface area (TPSA) is 110 Å². The molecule has 6 rings (SSSR count). The third-order valence-corrected chi connectivity index (χ3v) is 8.34. The van der Waals surface area contributed by atoms with E-state index in [1.54, 1.807) is 6.08 Å². The van der Waals surface area contributed by atoms with E-state index in [0.29, 0.717) is 12.8 Å². The Bertz CT molecular complexity index is 816. The van der Waals surface area contributed by atoms with Crippen LogP contribution in [0.2, 0.25) is 0 Å². The first-order chi connectivity index (χ1) is 13.1. The summed E-state index contributed by atoms with van der Waals surface area (Å²) >= 11 is 0. The normalized spacial score (nSPS) is 50.1. The second kappa shape index (κ2) is 5.32. The van der Waals surface area contributed by atoms with Gasteiger partial charge in [-0.05, 0) is 36.7 Å². The van der Waals surface area contributed by atoms with Crippen LogP contribution in [0.3, 0.4) is 0 Å². The number of Topliss-reactive ketones (excluding diaryl/α,β-unsaturated/α-hetero) is 1. The smallest absolute Gasteiger partial charge is 0.318 e. The molecule has 0 radical (unpaired) electrons. The van der Waals surface area contributed by atoms with Crippen LogP contribution in [-0.4, -0.2) is 52.9 Å². The van der Waals surface area contributed by atoms with Gasteiger partial charge in [0.1, 0.15) is 11.2 Å². The first-order valence-corrected chi connectivity index (χ1v) is 10.1. The first-order valence-electron chi connectivity index (χ1n) is 10.1. The lowest BCUT2D eigenvalue weighted by Crippen LogP contribution is -2.80. The number of rotatable bonds is 3. The number of ketones is 2. The maximum Gasteiger partial charge on any atom is 0.318 e. The Kier molecular flexibility index (Phi) is 3.50. The third kappa shape index (κ3) is 1.75. The van der Waals surface area contributed by atoms with Gasteiger partial charge < -0.3 is 19.7 Å². The highest BCUT2D eigenvalue weighted by Gasteiger charge is 2.87. The quantitative estimate of drug-likeness (QED) is 0.685. The van der Waals surface area contributed by atoms with Crippen LogP contribution in [0.1, 0.15) is 39.5 Å². The number of aliphatic hydroxyl groups is 2. The molecule has 0 aromatic heterocycles. The summed E-state index contributed by atoms with van der Waals surface area (Å²) in [6, 6.07) is 0. The molecule has 5 fully saturated rings. The zero-order valence-electron chi connectivity index (χ0n) is 16.1. The molecule has 6 aliphatic rings. The standard InChI is InChI=1S/C21H26O7/c1-18(2)7-5-14(24)19-10-27-21(26)16(15(18)19)28-17(25)20(21)9-11(3-4-13(19)20)12(23)6-8-22/h5,7,11,13,15-16,22,26H,3-4,6,8-10H2,1-2H3/t11-,13+,15-,16+,19-,20+,21+/m1/s1. The second-order valence-corrected chi connectivity index (χ2v) is 9.79. The number of hydrogen-bond acceptors (Lipinski definition) is 7. The van der Waals surface area contributed by atoms with E-state index >= 15 is 0 Å². The van der Waals surface area contributed by atoms with Gasteiger partial charge >= 0.3 is 5.97 Å². The van der Waals surface area contributed by atoms with Crippen molar-refractivity contribution in [2.45, 2.75) is 51.4 Å². The first kappa shape index (κ1) is 18.5. The zero-order valence-corrected chi connectivity index (χ0v) is 16.1. The van der Waals surface area contributed by atoms with Crippen molar-refractivity contribution in [3.05, 3.63) is 12.2 Å². The number of aliphatic hydroxyl groups excluding tert-OH is 1. The number of carbonyl (C=O) groups excluding carboxylic acids is 3. The highest BCUT2D eigenvalue weighted by atomic mass is 16.7. The molecule has 3 heterocycles. The molecule has 28 heavy (non-hydrogen) atoms. The molecular weight excluding hydrogens is 364 g/mol. The molecule has 7 nitrogen and oxygen atoms in total. The SMILES string of the molecule is CC1(C)C=CC(=O)[C@@]23CO[C@@]4(O)[C@@H](OC(=O)[C@@]45C[C@H](C(=O)CCO)CC[C@@H]25)[C@H]13. The van der Waals surface area contributed by atoms with Gasteiger partial charge in [0, 0.05) is 24.9 Å². The molecule has 2 spiro atoms. The summed E-state index contributed by atoms with van der Waals surface area (Å²) in [7, 11) is 0. The molecule has 3 saturated heterocycles. The number of carbonyl (C=O) groups is 3. The molecule has 0 aromatic rings. The Morgan fingerprint density at radius 3 is 2.75 bits per heavy atom. The van der Waals surface area contributed by atoms with Crippen molar-refractivity contribution in [2.24, 2.45) is 34.0 Å². The fraction of sp³-hybridized carbons (Fsp3) is 0.762. The summed E-state index contributed by atoms with van der Waals surface area (Å²) < 4.78 is 11.6. The summed E-state index contributed by atoms with van der Waals surface area (Å²) in [5, 5.41) is 20.8. The Labute approximate surface area is 163 Å². The van der Waals surface area contributed by atoms with Crippen LogP contribution in [-0.2, 0) is 23.9 Å². The van der Waals surface area contributed by atoms with E-state index in [2.05, 4.69) is 0 Å². The van der Waals surface area contributed by atoms with Crippen LogP contribution in [0, 0.1) is 34.0 Å². The van der Waals surface area contributed by atoms with Gasteiger partial charge in [-0.3, -0.25) is 14.4 Å². The molecule has 3 aliphatic heterocycles. The van der Waals surface area contributed by atoms with Gasteiger partial charge in [-0.2, -0.15) is 0 Å². The lowest BCUT2D eigenvalue weighted by atomic mass is 9.37. The van der Waals surface area contributed by atoms with E-state index in [0.717, 1.165) is 0 Å². The maximum absolute atomic E-state index is 13.3. The van der Waals surface area contributed by atoms with Crippen molar-refractivity contribution in [1.29, 1.82) is 0 Å². The van der Waals surface area contributed by atoms with Crippen LogP contribution in [0.15, 0.2) is 12.2 Å². The molecule has 7 heteroatoms. The van der Waals surface area contributed by atoms with E-state index < -0.39 is 45.9 Å². The summed E-state index contributed by atoms with van der Waals surface area (Å²) in [6.07, 6.45) is 3.64. The van der Waals surface area contributed by atoms with Crippen LogP contribution in [0.25, 0.3) is 0 Å². The molecule has 0 aromatic carbocycles. The van der Waals surface area contributed by atoms with E-state index in [1.165, 1.54) is 0 Å². The molecule has 7 atom stereocenters. The maximum atomic E-state index is 13.3. The van der Waals surface area contributed by atoms with Gasteiger partial charge in [-0.25, -0.2) is 0 Å². The van der Waals surface area contributed by atoms with E-state index in [9.17, 15) is 19.5 Å². The van der Waals surface area contributed by atoms with E-state index in [1.807, 2.05) is 19.9 Å². The van der Waals surface area contributed by atoms with Gasteiger partial charge in [0.2, 0.25) is 5.79 Å². The fourth-order valence-corrected chi connectivity index (χ4v) is 7.27. The van der Waals surface area contributed by atoms with Crippen LogP contribution < -0.4 is 0 Å². The van der Waals surface area contributed by atoms with Crippen molar-refractivity contribution in [3.63, 3.8) is 0 Å². The van der Waals surface area contributed by atoms with Gasteiger partial charge in [-0.1, -0.05) is 19.9 Å². The molecule has 3 aliphatic carbocycles. The highest BCUT2D eigenvalue weighted by molar-refractivity contribution is 5.99. The lowest BCUT2D eigenvalue weighted by Gasteiger charge is -2.68. The van der Waals surface area contributed by atoms with Gasteiger partial charge in [0.15, 0.2) is 11.9 Å². The Hall–Kier alpha value is -1.57. The minimum absolute atomic E-state index is 0.0195. The Morgan fingerprint density at radius 1 is 1.29 bits per heavy atom. The summed E-state index contributed by atoms with van der Waals surface area (Å²) in [5.41, 5.74) is -2.78. The van der Waals surface area contributed by atoms with Crippen molar-refractivity contribution in [2.75, 3.05) is 13.2 Å². The number of fused-ring (bicyclic) bond motifs is 1. The molecule has 0 unspecified atom stereocenters. The minimum atomic E-state index is -1.83. The van der Waals surface area contributed by atoms with E-state index in [-0.39, 0.29) is 43.5 Å². The molecule has 4 bridgehead atoms. The molecule has 2 saturated carbocycles. The monoisotopic (exact) mass is 390 g/mol. The van der Waals surface area contributed by atoms with E-state index in [4.69, 9.17) is 14.6 Å². The fourth-order valence-electron chi connectivity index (χ4n) is 7.27. The Balaban J connectivity index is 1.69. The van der Waals surface area contributed by atoms with Crippen molar-refractivity contribution in [1.82, 2.24) is 0 Å². The van der Waals surface area contributed by atoms with Crippen molar-refractivity contribution >= 4 is 17.5 Å². The highest BCUT2D eigenvalue weighted by Crippen LogP contribution is 2.75. The lowest BCUT2D eigenvalue weighted by molar-refractivity contribution is -0.396. The summed E-state index contributed by atoms with van der Waals surface area (Å²) in [4.78, 5) is 39.0. The predicted octanol–water partition coefficient (Wildman–Crippen LogP) is 0.766. The Morgan fingerprint density at radius 2 is 2.04 bits per heavy atom. The summed E-state index contributed by atoms with van der Waals surface area (Å²) in [5.74, 6) is -3.84. The molecule has 152 valence electrons. The minimum Gasteiger partial charge on any atom is -0.456 e. The van der Waals surface area contributed by atoms with Crippen LogP contribution >= 0.6 is 0 Å². The number of allylic oxidation sites excluding steroid dienone is 2. The zero-order chi connectivity index (χ0) is 20.1. The van der Waals surface area contributed by atoms with Crippen LogP contribution in [0.5, 0.6) is 0 Å². The largest absolute Gasteiger partial charge is 0.456 e. The molecular formula is C21H26O7. The average molecular weight is 390 g/mol. The van der Waals surface area contributed by atoms with Crippen molar-refractivity contribution in [3.8, 4) is 0 Å². The third-order valence-electron chi connectivity index (χ3n) is 8.34. The number of esters is 1. The summed E-state index contributed by atoms with van der Waals surface area (Å²) in [6.45, 7) is 3.81. The molecule has 0 amide bonds. The van der Waals surface area contributed by atoms with Gasteiger partial charge in [0.05, 0.1) is 12.0 Å². The van der Waals surface area contributed by atoms with Crippen LogP contribution in [0.4, 0.5) is 0 Å². The number of hydrogen-bond donors (Lipinski definition) is 2. The van der Waals surface area contributed by atoms with Gasteiger partial charge in [0.25, 0.3) is 0 Å². The predicted molar refractivity (Wildman–Crippen MR) is 94.6 cm³/mol.